The molecule has 1 N–H and O–H groups in total. The molecule has 0 saturated carbocycles. The van der Waals surface area contributed by atoms with Crippen LogP contribution in [0.1, 0.15) is 13.3 Å². The van der Waals surface area contributed by atoms with Crippen LogP contribution in [-0.4, -0.2) is 17.9 Å². The van der Waals surface area contributed by atoms with Gasteiger partial charge in [0.2, 0.25) is 5.91 Å². The van der Waals surface area contributed by atoms with E-state index in [1.807, 2.05) is 31.2 Å². The molecule has 108 valence electrons. The number of imide groups is 1. The molecule has 4 nitrogen and oxygen atoms in total. The molecule has 0 aromatic heterocycles. The number of allylic oxidation sites excluding steroid dienone is 4. The fraction of sp³-hybridized carbons (Fsp3) is 0.176. The van der Waals surface area contributed by atoms with Crippen LogP contribution in [-0.2, 0) is 9.59 Å². The molecular weight excluding hydrogens is 264 g/mol. The lowest BCUT2D eigenvalue weighted by atomic mass is 10.2. The van der Waals surface area contributed by atoms with E-state index in [2.05, 4.69) is 11.9 Å². The van der Waals surface area contributed by atoms with E-state index in [0.717, 1.165) is 0 Å². The van der Waals surface area contributed by atoms with Gasteiger partial charge in [0.05, 0.1) is 12.1 Å². The first kappa shape index (κ1) is 14.8. The third kappa shape index (κ3) is 3.28. The zero-order chi connectivity index (χ0) is 15.2. The van der Waals surface area contributed by atoms with Crippen molar-refractivity contribution in [3.8, 4) is 0 Å². The van der Waals surface area contributed by atoms with E-state index in [9.17, 15) is 9.59 Å². The maximum Gasteiger partial charge on any atom is 0.256 e. The van der Waals surface area contributed by atoms with Crippen LogP contribution in [0.5, 0.6) is 0 Å². The summed E-state index contributed by atoms with van der Waals surface area (Å²) in [5.41, 5.74) is 1.32. The quantitative estimate of drug-likeness (QED) is 0.667. The Kier molecular flexibility index (Phi) is 4.72. The lowest BCUT2D eigenvalue weighted by Gasteiger charge is -2.16. The summed E-state index contributed by atoms with van der Waals surface area (Å²) in [5.74, 6) is -0.433. The minimum absolute atomic E-state index is 0.148. The van der Waals surface area contributed by atoms with E-state index < -0.39 is 6.04 Å². The highest BCUT2D eigenvalue weighted by Crippen LogP contribution is 2.22. The molecule has 1 aliphatic heterocycles. The Hall–Kier alpha value is -2.62. The summed E-state index contributed by atoms with van der Waals surface area (Å²) in [7, 11) is 0. The van der Waals surface area contributed by atoms with E-state index in [0.29, 0.717) is 11.4 Å². The smallest absolute Gasteiger partial charge is 0.256 e. The molecule has 0 spiro atoms. The van der Waals surface area contributed by atoms with Gasteiger partial charge in [-0.05, 0) is 31.2 Å². The van der Waals surface area contributed by atoms with Crippen molar-refractivity contribution in [3.63, 3.8) is 0 Å². The molecule has 2 amide bonds. The highest BCUT2D eigenvalue weighted by atomic mass is 16.2. The molecule has 1 unspecified atom stereocenters. The summed E-state index contributed by atoms with van der Waals surface area (Å²) in [4.78, 5) is 25.7. The van der Waals surface area contributed by atoms with Gasteiger partial charge in [-0.1, -0.05) is 36.9 Å². The summed E-state index contributed by atoms with van der Waals surface area (Å²) in [6, 6.07) is 8.41. The summed E-state index contributed by atoms with van der Waals surface area (Å²) < 4.78 is 0. The fourth-order valence-corrected chi connectivity index (χ4v) is 2.17. The van der Waals surface area contributed by atoms with Crippen LogP contribution in [0.4, 0.5) is 5.69 Å². The Balaban J connectivity index is 2.17. The predicted molar refractivity (Wildman–Crippen MR) is 83.6 cm³/mol. The molecule has 1 aliphatic rings. The monoisotopic (exact) mass is 282 g/mol. The molecule has 0 bridgehead atoms. The Bertz CT molecular complexity index is 602. The topological polar surface area (TPSA) is 49.4 Å². The van der Waals surface area contributed by atoms with Crippen molar-refractivity contribution >= 4 is 17.5 Å². The number of rotatable bonds is 5. The van der Waals surface area contributed by atoms with Crippen LogP contribution >= 0.6 is 0 Å². The Labute approximate surface area is 124 Å². The van der Waals surface area contributed by atoms with Crippen LogP contribution in [0.25, 0.3) is 0 Å². The van der Waals surface area contributed by atoms with Crippen molar-refractivity contribution in [1.29, 1.82) is 0 Å². The van der Waals surface area contributed by atoms with Crippen LogP contribution < -0.4 is 10.2 Å². The molecule has 1 fully saturated rings. The maximum absolute atomic E-state index is 12.4. The molecule has 1 heterocycles. The molecule has 1 aromatic carbocycles. The number of hydrogen-bond donors (Lipinski definition) is 1. The largest absolute Gasteiger partial charge is 0.373 e. The van der Waals surface area contributed by atoms with Crippen molar-refractivity contribution in [3.05, 3.63) is 66.9 Å². The number of benzene rings is 1. The first-order chi connectivity index (χ1) is 10.2. The third-order valence-corrected chi connectivity index (χ3v) is 3.19. The molecule has 4 heteroatoms. The van der Waals surface area contributed by atoms with Gasteiger partial charge in [0, 0.05) is 5.70 Å². The number of hydrogen-bond acceptors (Lipinski definition) is 3. The number of nitrogens with zero attached hydrogens (tertiary/aromatic N) is 1. The van der Waals surface area contributed by atoms with Gasteiger partial charge in [-0.2, -0.15) is 0 Å². The molecule has 1 atom stereocenters. The molecule has 21 heavy (non-hydrogen) atoms. The van der Waals surface area contributed by atoms with Gasteiger partial charge in [0.15, 0.2) is 0 Å². The summed E-state index contributed by atoms with van der Waals surface area (Å²) in [6.07, 6.45) is 7.32. The Morgan fingerprint density at radius 3 is 2.67 bits per heavy atom. The van der Waals surface area contributed by atoms with Gasteiger partial charge in [-0.25, -0.2) is 4.90 Å². The normalized spacial score (nSPS) is 19.4. The number of nitrogens with one attached hydrogen (secondary N) is 1. The zero-order valence-electron chi connectivity index (χ0n) is 12.0. The Morgan fingerprint density at radius 1 is 1.33 bits per heavy atom. The summed E-state index contributed by atoms with van der Waals surface area (Å²) >= 11 is 0. The van der Waals surface area contributed by atoms with Gasteiger partial charge in [-0.15, -0.1) is 0 Å². The van der Waals surface area contributed by atoms with Gasteiger partial charge < -0.3 is 5.32 Å². The van der Waals surface area contributed by atoms with E-state index in [1.54, 1.807) is 30.3 Å². The molecule has 0 radical (unpaired) electrons. The van der Waals surface area contributed by atoms with E-state index in [4.69, 9.17) is 0 Å². The lowest BCUT2D eigenvalue weighted by molar-refractivity contribution is -0.121. The molecule has 0 aliphatic carbocycles. The lowest BCUT2D eigenvalue weighted by Crippen LogP contribution is -2.38. The predicted octanol–water partition coefficient (Wildman–Crippen LogP) is 2.55. The van der Waals surface area contributed by atoms with Crippen molar-refractivity contribution in [1.82, 2.24) is 5.32 Å². The van der Waals surface area contributed by atoms with Gasteiger partial charge in [-0.3, -0.25) is 9.59 Å². The molecule has 2 rings (SSSR count). The average Bonchev–Trinajstić information content (AvgIpc) is 2.78. The zero-order valence-corrected chi connectivity index (χ0v) is 12.0. The van der Waals surface area contributed by atoms with Crippen molar-refractivity contribution < 1.29 is 9.59 Å². The van der Waals surface area contributed by atoms with E-state index in [1.165, 1.54) is 4.90 Å². The van der Waals surface area contributed by atoms with Crippen LogP contribution in [0.3, 0.4) is 0 Å². The first-order valence-electron chi connectivity index (χ1n) is 6.81. The molecule has 1 saturated heterocycles. The highest BCUT2D eigenvalue weighted by Gasteiger charge is 2.39. The fourth-order valence-electron chi connectivity index (χ4n) is 2.17. The SMILES string of the molecule is C=C/C(=C\C=C/C)NC1CC(=O)N(c2ccccc2)C1=O. The number of amides is 2. The number of carbonyl (C=O) groups is 2. The van der Waals surface area contributed by atoms with E-state index in [-0.39, 0.29) is 18.2 Å². The van der Waals surface area contributed by atoms with Gasteiger partial charge >= 0.3 is 0 Å². The average molecular weight is 282 g/mol. The molecular formula is C17H18N2O2. The number of carbonyl (C=O) groups excluding carboxylic acids is 2. The third-order valence-electron chi connectivity index (χ3n) is 3.19. The van der Waals surface area contributed by atoms with Crippen LogP contribution in [0.2, 0.25) is 0 Å². The van der Waals surface area contributed by atoms with Gasteiger partial charge in [0.25, 0.3) is 5.91 Å². The minimum Gasteiger partial charge on any atom is -0.373 e. The second-order valence-corrected chi connectivity index (χ2v) is 4.66. The first-order valence-corrected chi connectivity index (χ1v) is 6.81. The standard InChI is InChI=1S/C17H18N2O2/c1-3-5-9-13(4-2)18-15-12-16(20)19(17(15)21)14-10-7-6-8-11-14/h3-11,15,18H,2,12H2,1H3/b5-3-,13-9+. The minimum atomic E-state index is -0.549. The summed E-state index contributed by atoms with van der Waals surface area (Å²) in [5, 5.41) is 3.06. The maximum atomic E-state index is 12.4. The number of para-hydroxylation sites is 1. The van der Waals surface area contributed by atoms with Crippen LogP contribution in [0.15, 0.2) is 66.9 Å². The second-order valence-electron chi connectivity index (χ2n) is 4.66. The molecule has 1 aromatic rings. The van der Waals surface area contributed by atoms with Crippen LogP contribution in [0, 0.1) is 0 Å². The second kappa shape index (κ2) is 6.70. The summed E-state index contributed by atoms with van der Waals surface area (Å²) in [6.45, 7) is 5.60. The van der Waals surface area contributed by atoms with Crippen molar-refractivity contribution in [2.75, 3.05) is 4.90 Å². The number of anilines is 1. The van der Waals surface area contributed by atoms with E-state index >= 15 is 0 Å². The van der Waals surface area contributed by atoms with Crippen molar-refractivity contribution in [2.24, 2.45) is 0 Å². The van der Waals surface area contributed by atoms with Gasteiger partial charge in [0.1, 0.15) is 6.04 Å². The van der Waals surface area contributed by atoms with Crippen molar-refractivity contribution in [2.45, 2.75) is 19.4 Å². The Morgan fingerprint density at radius 2 is 2.05 bits per heavy atom. The highest BCUT2D eigenvalue weighted by molar-refractivity contribution is 6.22.